The molecule has 1 aromatic heterocycles. The van der Waals surface area contributed by atoms with Gasteiger partial charge in [-0.1, -0.05) is 35.5 Å². The van der Waals surface area contributed by atoms with Crippen LogP contribution in [0.3, 0.4) is 0 Å². The van der Waals surface area contributed by atoms with Crippen LogP contribution in [0.1, 0.15) is 12.7 Å². The van der Waals surface area contributed by atoms with Gasteiger partial charge in [0, 0.05) is 11.6 Å². The highest BCUT2D eigenvalue weighted by Crippen LogP contribution is 2.20. The highest BCUT2D eigenvalue weighted by Gasteiger charge is 2.14. The third-order valence-electron chi connectivity index (χ3n) is 2.73. The number of thioether (sulfide) groups is 1. The van der Waals surface area contributed by atoms with Crippen LogP contribution in [0.15, 0.2) is 41.6 Å². The molecule has 0 aliphatic heterocycles. The van der Waals surface area contributed by atoms with E-state index in [4.69, 9.17) is 21.4 Å². The molecule has 1 N–H and O–H groups in total. The predicted molar refractivity (Wildman–Crippen MR) is 89.0 cm³/mol. The molecule has 0 bridgehead atoms. The number of halogens is 1. The highest BCUT2D eigenvalue weighted by molar-refractivity contribution is 7.99. The van der Waals surface area contributed by atoms with Crippen molar-refractivity contribution in [2.45, 2.75) is 25.2 Å². The molecular formula is C15H16ClN3O3S. The summed E-state index contributed by atoms with van der Waals surface area (Å²) < 4.78 is 7.48. The molecule has 0 fully saturated rings. The summed E-state index contributed by atoms with van der Waals surface area (Å²) in [4.78, 5) is 10.7. The Morgan fingerprint density at radius 3 is 2.70 bits per heavy atom. The summed E-state index contributed by atoms with van der Waals surface area (Å²) >= 11 is 6.95. The van der Waals surface area contributed by atoms with E-state index in [0.29, 0.717) is 28.3 Å². The molecule has 0 unspecified atom stereocenters. The summed E-state index contributed by atoms with van der Waals surface area (Å²) in [6, 6.07) is 7.01. The molecule has 0 saturated heterocycles. The number of hydrogen-bond acceptors (Lipinski definition) is 5. The second-order valence-electron chi connectivity index (χ2n) is 4.87. The zero-order chi connectivity index (χ0) is 16.8. The number of carbonyl (C=O) groups is 1. The van der Waals surface area contributed by atoms with Crippen molar-refractivity contribution < 1.29 is 14.6 Å². The molecule has 23 heavy (non-hydrogen) atoms. The molecule has 2 rings (SSSR count). The van der Waals surface area contributed by atoms with Crippen molar-refractivity contribution in [2.24, 2.45) is 0 Å². The van der Waals surface area contributed by atoms with Crippen molar-refractivity contribution in [3.63, 3.8) is 0 Å². The Hall–Kier alpha value is -1.99. The summed E-state index contributed by atoms with van der Waals surface area (Å²) in [7, 11) is 0. The molecule has 1 heterocycles. The van der Waals surface area contributed by atoms with Crippen LogP contribution in [0.4, 0.5) is 0 Å². The number of benzene rings is 1. The monoisotopic (exact) mass is 353 g/mol. The fourth-order valence-corrected chi connectivity index (χ4v) is 2.57. The van der Waals surface area contributed by atoms with Crippen LogP contribution in [0.5, 0.6) is 5.75 Å². The lowest BCUT2D eigenvalue weighted by atomic mass is 10.3. The molecule has 0 atom stereocenters. The number of hydrogen-bond donors (Lipinski definition) is 1. The fourth-order valence-electron chi connectivity index (χ4n) is 1.77. The van der Waals surface area contributed by atoms with Crippen molar-refractivity contribution in [2.75, 3.05) is 5.75 Å². The minimum absolute atomic E-state index is 0.0770. The van der Waals surface area contributed by atoms with Gasteiger partial charge in [-0.05, 0) is 31.2 Å². The average Bonchev–Trinajstić information content (AvgIpc) is 2.86. The van der Waals surface area contributed by atoms with Crippen molar-refractivity contribution in [3.8, 4) is 5.75 Å². The molecular weight excluding hydrogens is 338 g/mol. The van der Waals surface area contributed by atoms with E-state index < -0.39 is 5.97 Å². The Morgan fingerprint density at radius 2 is 2.09 bits per heavy atom. The van der Waals surface area contributed by atoms with E-state index in [1.807, 2.05) is 11.5 Å². The quantitative estimate of drug-likeness (QED) is 0.579. The molecule has 8 heteroatoms. The van der Waals surface area contributed by atoms with E-state index in [2.05, 4.69) is 16.8 Å². The molecule has 0 aliphatic carbocycles. The molecule has 0 spiro atoms. The standard InChI is InChI=1S/C15H16ClN3O3S/c1-10(2)7-19-13(17-18-15(19)23-9-14(20)21)8-22-12-5-3-11(16)4-6-12/h3-6H,1,7-9H2,2H3,(H,20,21). The van der Waals surface area contributed by atoms with Crippen LogP contribution in [-0.2, 0) is 17.9 Å². The third-order valence-corrected chi connectivity index (χ3v) is 3.93. The molecule has 1 aromatic carbocycles. The smallest absolute Gasteiger partial charge is 0.313 e. The van der Waals surface area contributed by atoms with Crippen molar-refractivity contribution >= 4 is 29.3 Å². The van der Waals surface area contributed by atoms with Gasteiger partial charge in [0.05, 0.1) is 5.75 Å². The Labute approximate surface area is 143 Å². The molecule has 0 amide bonds. The van der Waals surface area contributed by atoms with E-state index in [0.717, 1.165) is 17.3 Å². The lowest BCUT2D eigenvalue weighted by Gasteiger charge is -2.10. The minimum Gasteiger partial charge on any atom is -0.486 e. The second-order valence-corrected chi connectivity index (χ2v) is 6.25. The number of aliphatic carboxylic acids is 1. The van der Waals surface area contributed by atoms with Crippen LogP contribution in [-0.4, -0.2) is 31.6 Å². The molecule has 0 saturated carbocycles. The maximum atomic E-state index is 10.7. The first-order chi connectivity index (χ1) is 11.0. The Kier molecular flexibility index (Phi) is 6.06. The van der Waals surface area contributed by atoms with Crippen LogP contribution < -0.4 is 4.74 Å². The molecule has 0 radical (unpaired) electrons. The van der Waals surface area contributed by atoms with E-state index in [-0.39, 0.29) is 12.4 Å². The third kappa shape index (κ3) is 5.30. The maximum absolute atomic E-state index is 10.7. The van der Waals surface area contributed by atoms with Crippen LogP contribution in [0, 0.1) is 0 Å². The van der Waals surface area contributed by atoms with Crippen LogP contribution >= 0.6 is 23.4 Å². The van der Waals surface area contributed by atoms with Gasteiger partial charge in [-0.15, -0.1) is 10.2 Å². The van der Waals surface area contributed by atoms with Gasteiger partial charge < -0.3 is 9.84 Å². The SMILES string of the molecule is C=C(C)Cn1c(COc2ccc(Cl)cc2)nnc1SCC(=O)O. The van der Waals surface area contributed by atoms with Gasteiger partial charge in [0.15, 0.2) is 11.0 Å². The Bertz CT molecular complexity index is 700. The van der Waals surface area contributed by atoms with Gasteiger partial charge in [-0.25, -0.2) is 0 Å². The summed E-state index contributed by atoms with van der Waals surface area (Å²) in [5.74, 6) is 0.292. The minimum atomic E-state index is -0.904. The summed E-state index contributed by atoms with van der Waals surface area (Å²) in [6.45, 7) is 6.49. The van der Waals surface area contributed by atoms with Crippen molar-refractivity contribution in [3.05, 3.63) is 47.3 Å². The van der Waals surface area contributed by atoms with E-state index in [9.17, 15) is 4.79 Å². The van der Waals surface area contributed by atoms with E-state index in [1.54, 1.807) is 24.3 Å². The fraction of sp³-hybridized carbons (Fsp3) is 0.267. The van der Waals surface area contributed by atoms with E-state index >= 15 is 0 Å². The van der Waals surface area contributed by atoms with Gasteiger partial charge in [0.1, 0.15) is 12.4 Å². The first kappa shape index (κ1) is 17.4. The lowest BCUT2D eigenvalue weighted by molar-refractivity contribution is -0.133. The molecule has 122 valence electrons. The van der Waals surface area contributed by atoms with Gasteiger partial charge in [-0.2, -0.15) is 0 Å². The normalized spacial score (nSPS) is 10.5. The topological polar surface area (TPSA) is 77.2 Å². The number of ether oxygens (including phenoxy) is 1. The Morgan fingerprint density at radius 1 is 1.39 bits per heavy atom. The zero-order valence-corrected chi connectivity index (χ0v) is 14.1. The number of nitrogens with zero attached hydrogens (tertiary/aromatic N) is 3. The van der Waals surface area contributed by atoms with E-state index in [1.165, 1.54) is 0 Å². The lowest BCUT2D eigenvalue weighted by Crippen LogP contribution is -2.10. The highest BCUT2D eigenvalue weighted by atomic mass is 35.5. The summed E-state index contributed by atoms with van der Waals surface area (Å²) in [5, 5.41) is 18.1. The molecule has 2 aromatic rings. The predicted octanol–water partition coefficient (Wildman–Crippen LogP) is 3.26. The summed E-state index contributed by atoms with van der Waals surface area (Å²) in [5.41, 5.74) is 0.912. The average molecular weight is 354 g/mol. The summed E-state index contributed by atoms with van der Waals surface area (Å²) in [6.07, 6.45) is 0. The largest absolute Gasteiger partial charge is 0.486 e. The number of allylic oxidation sites excluding steroid dienone is 1. The van der Waals surface area contributed by atoms with Crippen molar-refractivity contribution in [1.82, 2.24) is 14.8 Å². The van der Waals surface area contributed by atoms with Crippen LogP contribution in [0.2, 0.25) is 5.02 Å². The van der Waals surface area contributed by atoms with Gasteiger partial charge in [0.2, 0.25) is 0 Å². The van der Waals surface area contributed by atoms with Gasteiger partial charge in [0.25, 0.3) is 0 Å². The molecule has 6 nitrogen and oxygen atoms in total. The van der Waals surface area contributed by atoms with Gasteiger partial charge in [-0.3, -0.25) is 9.36 Å². The zero-order valence-electron chi connectivity index (χ0n) is 12.5. The Balaban J connectivity index is 2.11. The van der Waals surface area contributed by atoms with Crippen LogP contribution in [0.25, 0.3) is 0 Å². The van der Waals surface area contributed by atoms with Gasteiger partial charge >= 0.3 is 5.97 Å². The number of carboxylic acids is 1. The first-order valence-corrected chi connectivity index (χ1v) is 8.11. The molecule has 0 aliphatic rings. The van der Waals surface area contributed by atoms with Crippen molar-refractivity contribution in [1.29, 1.82) is 0 Å². The second kappa shape index (κ2) is 8.03. The number of aromatic nitrogens is 3. The number of rotatable bonds is 8. The maximum Gasteiger partial charge on any atom is 0.313 e. The first-order valence-electron chi connectivity index (χ1n) is 6.75. The number of carboxylic acid groups (broad SMARTS) is 1.